The summed E-state index contributed by atoms with van der Waals surface area (Å²) in [6.45, 7) is -0.608. The van der Waals surface area contributed by atoms with Crippen molar-refractivity contribution in [1.82, 2.24) is 19.5 Å². The predicted octanol–water partition coefficient (Wildman–Crippen LogP) is -0.135. The van der Waals surface area contributed by atoms with Gasteiger partial charge in [-0.25, -0.2) is 19.5 Å². The number of nitrogens with two attached hydrogens (primary N) is 1. The van der Waals surface area contributed by atoms with E-state index < -0.39 is 39.0 Å². The third-order valence-corrected chi connectivity index (χ3v) is 5.56. The summed E-state index contributed by atoms with van der Waals surface area (Å²) < 4.78 is 22.2. The summed E-state index contributed by atoms with van der Waals surface area (Å²) in [5.74, 6) is 0.512. The van der Waals surface area contributed by atoms with Gasteiger partial charge in [0, 0.05) is 0 Å². The number of aromatic nitrogens is 4. The minimum absolute atomic E-state index is 0.140. The zero-order valence-electron chi connectivity index (χ0n) is 14.1. The number of imidazole rings is 1. The minimum atomic E-state index is -4.75. The molecule has 0 saturated carbocycles. The molecular formula is C14H16N5O7PS. The van der Waals surface area contributed by atoms with Gasteiger partial charge in [0.15, 0.2) is 23.5 Å². The summed E-state index contributed by atoms with van der Waals surface area (Å²) in [5.41, 5.74) is 6.55. The van der Waals surface area contributed by atoms with Crippen molar-refractivity contribution in [2.45, 2.75) is 24.5 Å². The first-order chi connectivity index (χ1) is 13.2. The summed E-state index contributed by atoms with van der Waals surface area (Å²) in [6, 6.07) is 3.67. The topological polar surface area (TPSA) is 186 Å². The monoisotopic (exact) mass is 429 g/mol. The number of fused-ring (bicyclic) bond motifs is 1. The molecule has 4 rings (SSSR count). The second kappa shape index (κ2) is 7.13. The van der Waals surface area contributed by atoms with Gasteiger partial charge in [0.2, 0.25) is 0 Å². The van der Waals surface area contributed by atoms with Gasteiger partial charge in [-0.1, -0.05) is 6.07 Å². The number of hydrogen-bond acceptors (Lipinski definition) is 10. The summed E-state index contributed by atoms with van der Waals surface area (Å²) >= 11 is 1.42. The Hall–Kier alpha value is -1.96. The van der Waals surface area contributed by atoms with Gasteiger partial charge < -0.3 is 30.5 Å². The third-order valence-electron chi connectivity index (χ3n) is 4.21. The maximum absolute atomic E-state index is 10.9. The highest BCUT2D eigenvalue weighted by atomic mass is 32.1. The van der Waals surface area contributed by atoms with Crippen LogP contribution in [0.5, 0.6) is 0 Å². The number of aliphatic hydroxyl groups excluding tert-OH is 2. The van der Waals surface area contributed by atoms with Gasteiger partial charge in [0.1, 0.15) is 23.8 Å². The summed E-state index contributed by atoms with van der Waals surface area (Å²) in [4.78, 5) is 31.2. The fourth-order valence-electron chi connectivity index (χ4n) is 2.91. The number of phosphoric acid groups is 1. The molecule has 0 radical (unpaired) electrons. The Bertz CT molecular complexity index is 1040. The normalized spacial score (nSPS) is 25.6. The molecule has 4 atom stereocenters. The van der Waals surface area contributed by atoms with E-state index in [0.29, 0.717) is 11.3 Å². The largest absolute Gasteiger partial charge is 0.469 e. The molecule has 1 fully saturated rings. The van der Waals surface area contributed by atoms with E-state index in [-0.39, 0.29) is 11.5 Å². The van der Waals surface area contributed by atoms with Crippen LogP contribution in [0.4, 0.5) is 5.82 Å². The predicted molar refractivity (Wildman–Crippen MR) is 97.0 cm³/mol. The number of hydrogen-bond donors (Lipinski definition) is 5. The molecule has 4 heterocycles. The van der Waals surface area contributed by atoms with Crippen molar-refractivity contribution in [3.63, 3.8) is 0 Å². The zero-order chi connectivity index (χ0) is 20.1. The van der Waals surface area contributed by atoms with E-state index in [1.165, 1.54) is 22.2 Å². The molecule has 0 spiro atoms. The lowest BCUT2D eigenvalue weighted by atomic mass is 10.1. The van der Waals surface area contributed by atoms with E-state index in [9.17, 15) is 14.8 Å². The number of ether oxygens (including phenoxy) is 1. The summed E-state index contributed by atoms with van der Waals surface area (Å²) in [6.07, 6.45) is -3.80. The molecule has 6 N–H and O–H groups in total. The number of thiophene rings is 1. The molecule has 3 aromatic rings. The highest BCUT2D eigenvalue weighted by Gasteiger charge is 2.45. The SMILES string of the molecule is Nc1nc(-c2cccs2)nc2c1ncn2[C@@H]1O[C@H](COP(=O)(O)O)[C@@H](O)[C@H]1O. The molecule has 1 saturated heterocycles. The Morgan fingerprint density at radius 2 is 2.11 bits per heavy atom. The molecule has 3 aromatic heterocycles. The van der Waals surface area contributed by atoms with E-state index in [2.05, 4.69) is 19.5 Å². The number of aliphatic hydroxyl groups is 2. The molecule has 28 heavy (non-hydrogen) atoms. The van der Waals surface area contributed by atoms with Crippen LogP contribution in [0, 0.1) is 0 Å². The number of rotatable bonds is 5. The fraction of sp³-hybridized carbons (Fsp3) is 0.357. The Labute approximate surface area is 161 Å². The van der Waals surface area contributed by atoms with Crippen LogP contribution in [0.2, 0.25) is 0 Å². The van der Waals surface area contributed by atoms with Crippen LogP contribution in [0.25, 0.3) is 21.9 Å². The molecular weight excluding hydrogens is 413 g/mol. The summed E-state index contributed by atoms with van der Waals surface area (Å²) in [7, 11) is -4.75. The molecule has 12 nitrogen and oxygen atoms in total. The van der Waals surface area contributed by atoms with E-state index in [0.717, 1.165) is 4.88 Å². The molecule has 0 aliphatic carbocycles. The summed E-state index contributed by atoms with van der Waals surface area (Å²) in [5, 5.41) is 22.4. The van der Waals surface area contributed by atoms with Gasteiger partial charge in [-0.15, -0.1) is 11.3 Å². The first-order valence-corrected chi connectivity index (χ1v) is 10.4. The van der Waals surface area contributed by atoms with Crippen LogP contribution in [0.3, 0.4) is 0 Å². The van der Waals surface area contributed by atoms with Gasteiger partial charge in [-0.3, -0.25) is 9.09 Å². The van der Waals surface area contributed by atoms with Crippen LogP contribution in [0.15, 0.2) is 23.8 Å². The minimum Gasteiger partial charge on any atom is -0.387 e. The quantitative estimate of drug-likeness (QED) is 0.340. The fourth-order valence-corrected chi connectivity index (χ4v) is 3.91. The molecule has 0 aromatic carbocycles. The molecule has 1 aliphatic heterocycles. The van der Waals surface area contributed by atoms with E-state index in [1.807, 2.05) is 17.5 Å². The lowest BCUT2D eigenvalue weighted by Gasteiger charge is -2.16. The zero-order valence-corrected chi connectivity index (χ0v) is 15.8. The lowest BCUT2D eigenvalue weighted by Crippen LogP contribution is -2.33. The Morgan fingerprint density at radius 1 is 1.32 bits per heavy atom. The first kappa shape index (κ1) is 19.4. The second-order valence-corrected chi connectivity index (χ2v) is 8.25. The second-order valence-electron chi connectivity index (χ2n) is 6.07. The maximum Gasteiger partial charge on any atom is 0.469 e. The standard InChI is InChI=1S/C14H16N5O7PS/c15-11-8-13(18-12(17-11)7-2-1-3-28-7)19(5-16-8)14-10(21)9(20)6(26-14)4-25-27(22,23)24/h1-3,5-6,9-10,14,20-21H,4H2,(H2,15,17,18)(H2,22,23,24)/t6-,9-,10-,14-/m1/s1. The molecule has 1 aliphatic rings. The number of anilines is 1. The third kappa shape index (κ3) is 3.54. The average Bonchev–Trinajstić information content (AvgIpc) is 3.34. The molecule has 14 heteroatoms. The Kier molecular flexibility index (Phi) is 4.93. The van der Waals surface area contributed by atoms with Gasteiger partial charge in [0.05, 0.1) is 17.8 Å². The van der Waals surface area contributed by atoms with Crippen molar-refractivity contribution >= 4 is 36.1 Å². The van der Waals surface area contributed by atoms with Crippen LogP contribution < -0.4 is 5.73 Å². The number of phosphoric ester groups is 1. The molecule has 0 amide bonds. The van der Waals surface area contributed by atoms with Crippen molar-refractivity contribution in [2.75, 3.05) is 12.3 Å². The van der Waals surface area contributed by atoms with Gasteiger partial charge in [-0.05, 0) is 11.4 Å². The first-order valence-electron chi connectivity index (χ1n) is 8.00. The van der Waals surface area contributed by atoms with Crippen molar-refractivity contribution in [2.24, 2.45) is 0 Å². The van der Waals surface area contributed by atoms with Crippen molar-refractivity contribution in [3.8, 4) is 10.7 Å². The van der Waals surface area contributed by atoms with E-state index in [4.69, 9.17) is 20.3 Å². The molecule has 150 valence electrons. The van der Waals surface area contributed by atoms with Crippen LogP contribution in [-0.4, -0.2) is 64.4 Å². The van der Waals surface area contributed by atoms with Crippen LogP contribution >= 0.6 is 19.2 Å². The lowest BCUT2D eigenvalue weighted by molar-refractivity contribution is -0.0503. The van der Waals surface area contributed by atoms with Crippen molar-refractivity contribution < 1.29 is 33.8 Å². The van der Waals surface area contributed by atoms with Gasteiger partial charge in [-0.2, -0.15) is 0 Å². The van der Waals surface area contributed by atoms with Crippen molar-refractivity contribution in [1.29, 1.82) is 0 Å². The number of nitrogens with zero attached hydrogens (tertiary/aromatic N) is 4. The maximum atomic E-state index is 10.9. The smallest absolute Gasteiger partial charge is 0.387 e. The Morgan fingerprint density at radius 3 is 2.79 bits per heavy atom. The number of nitrogen functional groups attached to an aromatic ring is 1. The molecule has 0 unspecified atom stereocenters. The molecule has 0 bridgehead atoms. The van der Waals surface area contributed by atoms with E-state index >= 15 is 0 Å². The van der Waals surface area contributed by atoms with Crippen molar-refractivity contribution in [3.05, 3.63) is 23.8 Å². The van der Waals surface area contributed by atoms with Gasteiger partial charge in [0.25, 0.3) is 0 Å². The van der Waals surface area contributed by atoms with E-state index in [1.54, 1.807) is 0 Å². The average molecular weight is 429 g/mol. The Balaban J connectivity index is 1.68. The highest BCUT2D eigenvalue weighted by molar-refractivity contribution is 7.46. The highest BCUT2D eigenvalue weighted by Crippen LogP contribution is 2.39. The van der Waals surface area contributed by atoms with Crippen LogP contribution in [0.1, 0.15) is 6.23 Å². The van der Waals surface area contributed by atoms with Gasteiger partial charge >= 0.3 is 7.82 Å². The van der Waals surface area contributed by atoms with Crippen LogP contribution in [-0.2, 0) is 13.8 Å².